The van der Waals surface area contributed by atoms with Crippen LogP contribution in [0.1, 0.15) is 296 Å². The standard InChI is InChI=1S/C76H139NO18/c1-3-5-7-9-11-13-15-17-19-21-23-25-26-27-28-29-30-31-32-34-35-37-39-41-43-45-47-49-51-53-60(81)59(77-64(82)54-52-50-48-46-44-42-40-38-36-33-24-22-20-18-16-14-12-10-8-6-4-2)58-90-74-70(88)67(85)72(62(56-79)92-74)95-76-71(89)68(86)73(63(57-80)93-76)94-75-69(87)66(84)65(83)61(55-78)91-75/h16,18,22,24,36,38,51,53,59-63,65-76,78-81,83-89H,3-15,17,19-21,23,25-35,37,39-50,52,54-58H2,1-2H3,(H,77,82)/b18-16-,24-22-,38-36-,53-51+. The second kappa shape index (κ2) is 57.4. The van der Waals surface area contributed by atoms with E-state index >= 15 is 0 Å². The Hall–Kier alpha value is -2.25. The molecule has 0 aromatic carbocycles. The molecule has 19 nitrogen and oxygen atoms in total. The van der Waals surface area contributed by atoms with E-state index in [-0.39, 0.29) is 18.9 Å². The van der Waals surface area contributed by atoms with Crippen molar-refractivity contribution in [2.24, 2.45) is 0 Å². The zero-order valence-corrected chi connectivity index (χ0v) is 59.2. The maximum absolute atomic E-state index is 13.4. The van der Waals surface area contributed by atoms with Crippen LogP contribution in [-0.4, -0.2) is 193 Å². The number of aliphatic hydroxyl groups is 11. The Balaban J connectivity index is 1.40. The van der Waals surface area contributed by atoms with Crippen molar-refractivity contribution in [3.05, 3.63) is 48.6 Å². The zero-order chi connectivity index (χ0) is 68.9. The summed E-state index contributed by atoms with van der Waals surface area (Å²) in [4.78, 5) is 13.4. The lowest BCUT2D eigenvalue weighted by molar-refractivity contribution is -0.379. The molecule has 0 spiro atoms. The second-order valence-corrected chi connectivity index (χ2v) is 27.5. The SMILES string of the molecule is CCCCCCC/C=C\C/C=C\C/C=C\CCCCCCCCC(=O)NC(COC1OC(CO)C(OC2OC(CO)C(OC3OC(CO)C(O)C(O)C3O)C(O)C2O)C(O)C1O)C(O)/C=C/CCCCCCCCCCCCCCCCCCCCCCCCCCCCC. The molecule has 17 unspecified atom stereocenters. The molecule has 3 fully saturated rings. The van der Waals surface area contributed by atoms with Crippen LogP contribution in [0.4, 0.5) is 0 Å². The van der Waals surface area contributed by atoms with Crippen molar-refractivity contribution in [2.75, 3.05) is 26.4 Å². The van der Waals surface area contributed by atoms with Crippen LogP contribution in [0, 0.1) is 0 Å². The molecule has 3 rings (SSSR count). The molecule has 0 bridgehead atoms. The molecule has 556 valence electrons. The van der Waals surface area contributed by atoms with Gasteiger partial charge in [-0.15, -0.1) is 0 Å². The maximum Gasteiger partial charge on any atom is 0.220 e. The summed E-state index contributed by atoms with van der Waals surface area (Å²) in [7, 11) is 0. The van der Waals surface area contributed by atoms with E-state index in [1.807, 2.05) is 6.08 Å². The van der Waals surface area contributed by atoms with Crippen molar-refractivity contribution in [3.63, 3.8) is 0 Å². The highest BCUT2D eigenvalue weighted by Crippen LogP contribution is 2.33. The number of carbonyl (C=O) groups is 1. The maximum atomic E-state index is 13.4. The van der Waals surface area contributed by atoms with Crippen LogP contribution >= 0.6 is 0 Å². The molecule has 3 aliphatic heterocycles. The lowest BCUT2D eigenvalue weighted by Crippen LogP contribution is -2.66. The Morgan fingerprint density at radius 1 is 0.379 bits per heavy atom. The third-order valence-electron chi connectivity index (χ3n) is 19.1. The van der Waals surface area contributed by atoms with Gasteiger partial charge >= 0.3 is 0 Å². The van der Waals surface area contributed by atoms with E-state index in [1.54, 1.807) is 6.08 Å². The van der Waals surface area contributed by atoms with Crippen LogP contribution in [0.5, 0.6) is 0 Å². The van der Waals surface area contributed by atoms with Crippen LogP contribution in [0.2, 0.25) is 0 Å². The summed E-state index contributed by atoms with van der Waals surface area (Å²) in [6.45, 7) is 1.74. The average Bonchev–Trinajstić information content (AvgIpc) is 0.787. The van der Waals surface area contributed by atoms with Crippen molar-refractivity contribution in [1.29, 1.82) is 0 Å². The first-order valence-corrected chi connectivity index (χ1v) is 38.4. The summed E-state index contributed by atoms with van der Waals surface area (Å²) in [5.41, 5.74) is 0. The minimum absolute atomic E-state index is 0.228. The number of ether oxygens (including phenoxy) is 6. The summed E-state index contributed by atoms with van der Waals surface area (Å²) in [6.07, 6.45) is 43.8. The zero-order valence-electron chi connectivity index (χ0n) is 59.2. The Labute approximate surface area is 573 Å². The predicted molar refractivity (Wildman–Crippen MR) is 374 cm³/mol. The lowest BCUT2D eigenvalue weighted by Gasteiger charge is -2.48. The fourth-order valence-corrected chi connectivity index (χ4v) is 12.9. The molecule has 3 saturated heterocycles. The van der Waals surface area contributed by atoms with Crippen LogP contribution in [0.25, 0.3) is 0 Å². The predicted octanol–water partition coefficient (Wildman–Crippen LogP) is 11.7. The Morgan fingerprint density at radius 2 is 0.695 bits per heavy atom. The number of nitrogens with one attached hydrogen (secondary N) is 1. The number of allylic oxidation sites excluding steroid dienone is 7. The first-order valence-electron chi connectivity index (χ1n) is 38.4. The monoisotopic (exact) mass is 1350 g/mol. The van der Waals surface area contributed by atoms with Gasteiger partial charge in [0.15, 0.2) is 18.9 Å². The summed E-state index contributed by atoms with van der Waals surface area (Å²) < 4.78 is 34.4. The Morgan fingerprint density at radius 3 is 1.08 bits per heavy atom. The van der Waals surface area contributed by atoms with Gasteiger partial charge < -0.3 is 89.9 Å². The molecule has 0 aromatic rings. The highest BCUT2D eigenvalue weighted by Gasteiger charge is 2.53. The third kappa shape index (κ3) is 38.4. The molecule has 19 heteroatoms. The molecule has 0 radical (unpaired) electrons. The molecule has 95 heavy (non-hydrogen) atoms. The third-order valence-corrected chi connectivity index (χ3v) is 19.1. The van der Waals surface area contributed by atoms with Gasteiger partial charge in [-0.2, -0.15) is 0 Å². The van der Waals surface area contributed by atoms with Crippen LogP contribution in [-0.2, 0) is 33.2 Å². The van der Waals surface area contributed by atoms with Crippen LogP contribution < -0.4 is 5.32 Å². The lowest BCUT2D eigenvalue weighted by atomic mass is 9.96. The fourth-order valence-electron chi connectivity index (χ4n) is 12.9. The number of carbonyl (C=O) groups excluding carboxylic acids is 1. The summed E-state index contributed by atoms with van der Waals surface area (Å²) >= 11 is 0. The van der Waals surface area contributed by atoms with Gasteiger partial charge in [-0.05, 0) is 57.8 Å². The number of unbranched alkanes of at least 4 members (excludes halogenated alkanes) is 38. The van der Waals surface area contributed by atoms with Gasteiger partial charge in [-0.25, -0.2) is 0 Å². The largest absolute Gasteiger partial charge is 0.394 e. The van der Waals surface area contributed by atoms with Crippen LogP contribution in [0.15, 0.2) is 48.6 Å². The summed E-state index contributed by atoms with van der Waals surface area (Å²) in [5, 5.41) is 121. The van der Waals surface area contributed by atoms with Gasteiger partial charge in [0.25, 0.3) is 0 Å². The molecule has 3 heterocycles. The Kier molecular flexibility index (Phi) is 52.5. The number of amides is 1. The number of hydrogen-bond donors (Lipinski definition) is 12. The molecule has 17 atom stereocenters. The minimum atomic E-state index is -1.98. The second-order valence-electron chi connectivity index (χ2n) is 27.5. The van der Waals surface area contributed by atoms with Gasteiger partial charge in [0, 0.05) is 6.42 Å². The summed E-state index contributed by atoms with van der Waals surface area (Å²) in [5.74, 6) is -0.285. The van der Waals surface area contributed by atoms with Gasteiger partial charge in [0.05, 0.1) is 38.6 Å². The van der Waals surface area contributed by atoms with Crippen molar-refractivity contribution in [1.82, 2.24) is 5.32 Å². The number of hydrogen-bond acceptors (Lipinski definition) is 18. The van der Waals surface area contributed by atoms with E-state index in [4.69, 9.17) is 28.4 Å². The van der Waals surface area contributed by atoms with E-state index in [1.165, 1.54) is 193 Å². The number of rotatable bonds is 60. The van der Waals surface area contributed by atoms with Gasteiger partial charge in [0.2, 0.25) is 5.91 Å². The van der Waals surface area contributed by atoms with Crippen molar-refractivity contribution in [3.8, 4) is 0 Å². The molecule has 0 aliphatic carbocycles. The normalized spacial score (nSPS) is 27.4. The van der Waals surface area contributed by atoms with E-state index < -0.39 is 124 Å². The molecule has 12 N–H and O–H groups in total. The van der Waals surface area contributed by atoms with E-state index in [0.717, 1.165) is 77.0 Å². The molecule has 3 aliphatic rings. The molecule has 1 amide bonds. The van der Waals surface area contributed by atoms with Gasteiger partial charge in [-0.1, -0.05) is 281 Å². The first kappa shape index (κ1) is 87.0. The molecular weight excluding hydrogens is 1210 g/mol. The van der Waals surface area contributed by atoms with Crippen molar-refractivity contribution in [2.45, 2.75) is 401 Å². The van der Waals surface area contributed by atoms with Gasteiger partial charge in [0.1, 0.15) is 73.2 Å². The number of aliphatic hydroxyl groups excluding tert-OH is 11. The van der Waals surface area contributed by atoms with E-state index in [9.17, 15) is 61.0 Å². The van der Waals surface area contributed by atoms with E-state index in [0.29, 0.717) is 6.42 Å². The smallest absolute Gasteiger partial charge is 0.220 e. The summed E-state index contributed by atoms with van der Waals surface area (Å²) in [6, 6.07) is -0.983. The van der Waals surface area contributed by atoms with Crippen molar-refractivity contribution < 1.29 is 89.4 Å². The molecule has 0 aromatic heterocycles. The average molecular weight is 1350 g/mol. The molecule has 0 saturated carbocycles. The van der Waals surface area contributed by atoms with Crippen molar-refractivity contribution >= 4 is 5.91 Å². The minimum Gasteiger partial charge on any atom is -0.394 e. The quantitative estimate of drug-likeness (QED) is 0.0199. The Bertz CT molecular complexity index is 1910. The van der Waals surface area contributed by atoms with Crippen LogP contribution in [0.3, 0.4) is 0 Å². The topological polar surface area (TPSA) is 307 Å². The highest BCUT2D eigenvalue weighted by molar-refractivity contribution is 5.76. The fraction of sp³-hybridized carbons (Fsp3) is 0.882. The first-order chi connectivity index (χ1) is 46.3. The molecular formula is C76H139NO18. The van der Waals surface area contributed by atoms with E-state index in [2.05, 4.69) is 55.6 Å². The highest BCUT2D eigenvalue weighted by atomic mass is 16.8. The van der Waals surface area contributed by atoms with Gasteiger partial charge in [-0.3, -0.25) is 4.79 Å².